The summed E-state index contributed by atoms with van der Waals surface area (Å²) in [6.45, 7) is 4.46. The van der Waals surface area contributed by atoms with Crippen molar-refractivity contribution in [2.45, 2.75) is 32.3 Å². The number of carbonyl (C=O) groups excluding carboxylic acids is 1. The van der Waals surface area contributed by atoms with Crippen molar-refractivity contribution in [3.05, 3.63) is 23.8 Å². The number of Topliss-reactive ketones (excluding diaryl/α,β-unsaturated/α-hetero) is 1. The maximum Gasteiger partial charge on any atom is 0.161 e. The molecule has 1 aliphatic rings. The number of likely N-dealkylation sites (tertiary alicyclic amines) is 1. The van der Waals surface area contributed by atoms with E-state index in [9.17, 15) is 9.90 Å². The number of rotatable bonds is 7. The van der Waals surface area contributed by atoms with E-state index in [1.165, 1.54) is 33.3 Å². The summed E-state index contributed by atoms with van der Waals surface area (Å²) in [4.78, 5) is 13.6. The Labute approximate surface area is 131 Å². The molecule has 1 aromatic carbocycles. The van der Waals surface area contributed by atoms with Gasteiger partial charge in [-0.15, -0.1) is 0 Å². The van der Waals surface area contributed by atoms with E-state index in [2.05, 4.69) is 4.90 Å². The molecule has 0 aromatic heterocycles. The highest BCUT2D eigenvalue weighted by Gasteiger charge is 2.16. The summed E-state index contributed by atoms with van der Waals surface area (Å²) in [7, 11) is 1.54. The van der Waals surface area contributed by atoms with Crippen molar-refractivity contribution in [2.24, 2.45) is 0 Å². The van der Waals surface area contributed by atoms with Crippen molar-refractivity contribution < 1.29 is 19.4 Å². The van der Waals surface area contributed by atoms with E-state index in [0.29, 0.717) is 23.6 Å². The number of nitrogens with zero attached hydrogens (tertiary/aromatic N) is 1. The van der Waals surface area contributed by atoms with Crippen LogP contribution in [0.3, 0.4) is 0 Å². The second-order valence-corrected chi connectivity index (χ2v) is 5.75. The molecule has 0 aliphatic carbocycles. The van der Waals surface area contributed by atoms with Crippen LogP contribution in [-0.4, -0.2) is 55.2 Å². The molecule has 5 heteroatoms. The Morgan fingerprint density at radius 3 is 2.64 bits per heavy atom. The van der Waals surface area contributed by atoms with E-state index >= 15 is 0 Å². The standard InChI is InChI=1S/C17H25NO4/c1-13(19)14-6-7-16(17(10-14)21-2)22-12-15(20)11-18-8-4-3-5-9-18/h6-7,10,15,20H,3-5,8-9,11-12H2,1-2H3. The molecule has 0 bridgehead atoms. The van der Waals surface area contributed by atoms with Crippen LogP contribution in [0.2, 0.25) is 0 Å². The van der Waals surface area contributed by atoms with Gasteiger partial charge in [0.25, 0.3) is 0 Å². The first-order valence-electron chi connectivity index (χ1n) is 7.82. The van der Waals surface area contributed by atoms with Crippen molar-refractivity contribution in [2.75, 3.05) is 33.4 Å². The van der Waals surface area contributed by atoms with Gasteiger partial charge in [-0.3, -0.25) is 4.79 Å². The summed E-state index contributed by atoms with van der Waals surface area (Å²) in [6.07, 6.45) is 3.15. The van der Waals surface area contributed by atoms with Crippen molar-refractivity contribution in [1.82, 2.24) is 4.90 Å². The summed E-state index contributed by atoms with van der Waals surface area (Å²) < 4.78 is 10.9. The molecule has 22 heavy (non-hydrogen) atoms. The second kappa shape index (κ2) is 8.15. The Bertz CT molecular complexity index is 497. The number of piperidine rings is 1. The van der Waals surface area contributed by atoms with Crippen LogP contribution in [0.5, 0.6) is 11.5 Å². The third kappa shape index (κ3) is 4.71. The average molecular weight is 307 g/mol. The quantitative estimate of drug-likeness (QED) is 0.782. The van der Waals surface area contributed by atoms with Crippen LogP contribution in [0.1, 0.15) is 36.5 Å². The number of ether oxygens (including phenoxy) is 2. The first kappa shape index (κ1) is 16.8. The van der Waals surface area contributed by atoms with E-state index in [4.69, 9.17) is 9.47 Å². The topological polar surface area (TPSA) is 59.0 Å². The smallest absolute Gasteiger partial charge is 0.161 e. The van der Waals surface area contributed by atoms with E-state index in [1.807, 2.05) is 0 Å². The molecule has 1 unspecified atom stereocenters. The van der Waals surface area contributed by atoms with Gasteiger partial charge in [0, 0.05) is 12.1 Å². The predicted molar refractivity (Wildman–Crippen MR) is 84.8 cm³/mol. The minimum atomic E-state index is -0.532. The van der Waals surface area contributed by atoms with E-state index in [0.717, 1.165) is 13.1 Å². The summed E-state index contributed by atoms with van der Waals surface area (Å²) in [5.74, 6) is 1.04. The summed E-state index contributed by atoms with van der Waals surface area (Å²) in [5.41, 5.74) is 0.582. The number of hydrogen-bond donors (Lipinski definition) is 1. The number of hydrogen-bond acceptors (Lipinski definition) is 5. The zero-order chi connectivity index (χ0) is 15.9. The molecule has 0 saturated carbocycles. The minimum Gasteiger partial charge on any atom is -0.493 e. The van der Waals surface area contributed by atoms with Crippen molar-refractivity contribution in [3.63, 3.8) is 0 Å². The van der Waals surface area contributed by atoms with Gasteiger partial charge in [-0.1, -0.05) is 6.42 Å². The molecule has 1 heterocycles. The molecule has 5 nitrogen and oxygen atoms in total. The molecule has 0 amide bonds. The van der Waals surface area contributed by atoms with Gasteiger partial charge in [-0.05, 0) is 51.1 Å². The van der Waals surface area contributed by atoms with Crippen LogP contribution < -0.4 is 9.47 Å². The van der Waals surface area contributed by atoms with E-state index in [-0.39, 0.29) is 12.4 Å². The molecule has 1 aromatic rings. The van der Waals surface area contributed by atoms with Crippen molar-refractivity contribution in [3.8, 4) is 11.5 Å². The fourth-order valence-electron chi connectivity index (χ4n) is 2.68. The van der Waals surface area contributed by atoms with Crippen LogP contribution in [0, 0.1) is 0 Å². The lowest BCUT2D eigenvalue weighted by Crippen LogP contribution is -2.38. The molecule has 2 rings (SSSR count). The summed E-state index contributed by atoms with van der Waals surface area (Å²) >= 11 is 0. The molecule has 1 fully saturated rings. The van der Waals surface area contributed by atoms with Gasteiger partial charge in [0.15, 0.2) is 17.3 Å². The Morgan fingerprint density at radius 1 is 1.27 bits per heavy atom. The Kier molecular flexibility index (Phi) is 6.21. The van der Waals surface area contributed by atoms with Crippen LogP contribution in [0.4, 0.5) is 0 Å². The first-order valence-corrected chi connectivity index (χ1v) is 7.82. The Morgan fingerprint density at radius 2 is 2.00 bits per heavy atom. The second-order valence-electron chi connectivity index (χ2n) is 5.75. The Balaban J connectivity index is 1.88. The van der Waals surface area contributed by atoms with Gasteiger partial charge < -0.3 is 19.5 Å². The molecule has 1 atom stereocenters. The lowest BCUT2D eigenvalue weighted by molar-refractivity contribution is 0.0608. The minimum absolute atomic E-state index is 0.0185. The number of β-amino-alcohol motifs (C(OH)–C–C–N with tert-alkyl or cyclic N) is 1. The number of aliphatic hydroxyl groups excluding tert-OH is 1. The van der Waals surface area contributed by atoms with Crippen LogP contribution in [0.15, 0.2) is 18.2 Å². The summed E-state index contributed by atoms with van der Waals surface area (Å²) in [6, 6.07) is 5.08. The normalized spacial score (nSPS) is 17.0. The monoisotopic (exact) mass is 307 g/mol. The van der Waals surface area contributed by atoms with Gasteiger partial charge in [-0.25, -0.2) is 0 Å². The highest BCUT2D eigenvalue weighted by molar-refractivity contribution is 5.94. The zero-order valence-electron chi connectivity index (χ0n) is 13.4. The third-order valence-corrected chi connectivity index (χ3v) is 3.92. The van der Waals surface area contributed by atoms with Gasteiger partial charge in [0.2, 0.25) is 0 Å². The molecule has 0 radical (unpaired) electrons. The number of ketones is 1. The molecule has 0 spiro atoms. The van der Waals surface area contributed by atoms with E-state index in [1.54, 1.807) is 18.2 Å². The number of carbonyl (C=O) groups is 1. The SMILES string of the molecule is COc1cc(C(C)=O)ccc1OCC(O)CN1CCCCC1. The van der Waals surface area contributed by atoms with Gasteiger partial charge in [0.05, 0.1) is 7.11 Å². The molecular weight excluding hydrogens is 282 g/mol. The Hall–Kier alpha value is -1.59. The van der Waals surface area contributed by atoms with Gasteiger partial charge >= 0.3 is 0 Å². The van der Waals surface area contributed by atoms with Crippen LogP contribution in [-0.2, 0) is 0 Å². The first-order chi connectivity index (χ1) is 10.6. The fraction of sp³-hybridized carbons (Fsp3) is 0.588. The third-order valence-electron chi connectivity index (χ3n) is 3.92. The molecule has 122 valence electrons. The molecule has 1 N–H and O–H groups in total. The molecule has 1 aliphatic heterocycles. The highest BCUT2D eigenvalue weighted by atomic mass is 16.5. The zero-order valence-corrected chi connectivity index (χ0v) is 13.4. The molecule has 1 saturated heterocycles. The lowest BCUT2D eigenvalue weighted by atomic mass is 10.1. The number of aliphatic hydroxyl groups is 1. The predicted octanol–water partition coefficient (Wildman–Crippen LogP) is 2.12. The van der Waals surface area contributed by atoms with Crippen molar-refractivity contribution in [1.29, 1.82) is 0 Å². The van der Waals surface area contributed by atoms with Gasteiger partial charge in [0.1, 0.15) is 12.7 Å². The van der Waals surface area contributed by atoms with Crippen molar-refractivity contribution >= 4 is 5.78 Å². The number of benzene rings is 1. The highest BCUT2D eigenvalue weighted by Crippen LogP contribution is 2.28. The van der Waals surface area contributed by atoms with Crippen LogP contribution >= 0.6 is 0 Å². The fourth-order valence-corrected chi connectivity index (χ4v) is 2.68. The maximum absolute atomic E-state index is 11.4. The molecular formula is C17H25NO4. The van der Waals surface area contributed by atoms with E-state index < -0.39 is 6.10 Å². The van der Waals surface area contributed by atoms with Gasteiger partial charge in [-0.2, -0.15) is 0 Å². The lowest BCUT2D eigenvalue weighted by Gasteiger charge is -2.28. The number of methoxy groups -OCH3 is 1. The largest absolute Gasteiger partial charge is 0.493 e. The van der Waals surface area contributed by atoms with Crippen LogP contribution in [0.25, 0.3) is 0 Å². The maximum atomic E-state index is 11.4. The summed E-state index contributed by atoms with van der Waals surface area (Å²) in [5, 5.41) is 10.1. The average Bonchev–Trinajstić information content (AvgIpc) is 2.53.